The highest BCUT2D eigenvalue weighted by Gasteiger charge is 2.10. The second-order valence-electron chi connectivity index (χ2n) is 3.85. The Morgan fingerprint density at radius 3 is 2.06 bits per heavy atom. The lowest BCUT2D eigenvalue weighted by atomic mass is 10.00. The highest BCUT2D eigenvalue weighted by Crippen LogP contribution is 2.22. The standard InChI is InChI=1S/C14H15N3/c15-17-16-14(13-9-5-2-6-10-13)11-12-7-3-1-4-8-12/h1-10,14H,11H2,(H2,15,16). The Morgan fingerprint density at radius 2 is 1.47 bits per heavy atom. The van der Waals surface area contributed by atoms with Gasteiger partial charge in [0.15, 0.2) is 0 Å². The van der Waals surface area contributed by atoms with Crippen LogP contribution in [0.15, 0.2) is 71.0 Å². The van der Waals surface area contributed by atoms with Crippen molar-refractivity contribution in [3.05, 3.63) is 71.8 Å². The maximum Gasteiger partial charge on any atom is 0.102 e. The Balaban J connectivity index is 2.19. The van der Waals surface area contributed by atoms with Crippen LogP contribution in [0.5, 0.6) is 0 Å². The molecule has 0 aromatic heterocycles. The minimum atomic E-state index is -0.0106. The molecule has 0 fully saturated rings. The molecule has 0 aliphatic carbocycles. The summed E-state index contributed by atoms with van der Waals surface area (Å²) in [5, 5.41) is 7.53. The third-order valence-corrected chi connectivity index (χ3v) is 2.66. The molecule has 0 aliphatic heterocycles. The number of rotatable bonds is 4. The van der Waals surface area contributed by atoms with Gasteiger partial charge in [-0.15, -0.1) is 0 Å². The zero-order valence-electron chi connectivity index (χ0n) is 9.53. The Hall–Kier alpha value is -2.16. The fourth-order valence-corrected chi connectivity index (χ4v) is 1.82. The van der Waals surface area contributed by atoms with Crippen LogP contribution in [-0.2, 0) is 6.42 Å². The van der Waals surface area contributed by atoms with Crippen molar-refractivity contribution in [1.29, 1.82) is 0 Å². The summed E-state index contributed by atoms with van der Waals surface area (Å²) in [5.74, 6) is 5.18. The molecule has 0 aliphatic rings. The molecule has 0 saturated carbocycles. The van der Waals surface area contributed by atoms with E-state index in [0.29, 0.717) is 0 Å². The molecule has 0 radical (unpaired) electrons. The lowest BCUT2D eigenvalue weighted by Gasteiger charge is -2.11. The monoisotopic (exact) mass is 225 g/mol. The SMILES string of the molecule is NN=NC(Cc1ccccc1)c1ccccc1. The first kappa shape index (κ1) is 11.3. The van der Waals surface area contributed by atoms with Gasteiger partial charge in [-0.3, -0.25) is 0 Å². The first-order chi connectivity index (χ1) is 8.40. The van der Waals surface area contributed by atoms with Gasteiger partial charge in [0.1, 0.15) is 6.04 Å². The van der Waals surface area contributed by atoms with Crippen LogP contribution < -0.4 is 5.84 Å². The second kappa shape index (κ2) is 5.80. The second-order valence-corrected chi connectivity index (χ2v) is 3.85. The van der Waals surface area contributed by atoms with E-state index in [1.54, 1.807) is 0 Å². The van der Waals surface area contributed by atoms with Crippen LogP contribution in [0.25, 0.3) is 0 Å². The summed E-state index contributed by atoms with van der Waals surface area (Å²) in [6.07, 6.45) is 0.811. The van der Waals surface area contributed by atoms with E-state index < -0.39 is 0 Å². The number of hydrogen-bond donors (Lipinski definition) is 1. The summed E-state index contributed by atoms with van der Waals surface area (Å²) in [5.41, 5.74) is 2.36. The Kier molecular flexibility index (Phi) is 3.86. The van der Waals surface area contributed by atoms with Gasteiger partial charge in [-0.1, -0.05) is 65.9 Å². The van der Waals surface area contributed by atoms with Gasteiger partial charge in [0.2, 0.25) is 0 Å². The summed E-state index contributed by atoms with van der Waals surface area (Å²) in [6, 6.07) is 20.3. The first-order valence-electron chi connectivity index (χ1n) is 5.59. The van der Waals surface area contributed by atoms with Gasteiger partial charge in [-0.2, -0.15) is 5.11 Å². The predicted octanol–water partition coefficient (Wildman–Crippen LogP) is 3.30. The topological polar surface area (TPSA) is 50.7 Å². The van der Waals surface area contributed by atoms with E-state index in [2.05, 4.69) is 22.5 Å². The maximum atomic E-state index is 5.18. The molecule has 3 heteroatoms. The first-order valence-corrected chi connectivity index (χ1v) is 5.59. The van der Waals surface area contributed by atoms with E-state index in [1.807, 2.05) is 48.5 Å². The quantitative estimate of drug-likeness (QED) is 0.484. The van der Waals surface area contributed by atoms with Gasteiger partial charge in [-0.25, -0.2) is 0 Å². The largest absolute Gasteiger partial charge is 0.305 e. The van der Waals surface area contributed by atoms with Crippen molar-refractivity contribution in [2.75, 3.05) is 0 Å². The summed E-state index contributed by atoms with van der Waals surface area (Å²) >= 11 is 0. The third kappa shape index (κ3) is 3.14. The molecule has 3 nitrogen and oxygen atoms in total. The molecule has 2 aromatic rings. The van der Waals surface area contributed by atoms with Gasteiger partial charge >= 0.3 is 0 Å². The Labute approximate surface area is 101 Å². The van der Waals surface area contributed by atoms with Gasteiger partial charge in [0, 0.05) is 6.42 Å². The molecule has 86 valence electrons. The average Bonchev–Trinajstić information content (AvgIpc) is 2.40. The summed E-state index contributed by atoms with van der Waals surface area (Å²) in [6.45, 7) is 0. The zero-order chi connectivity index (χ0) is 11.9. The fraction of sp³-hybridized carbons (Fsp3) is 0.143. The highest BCUT2D eigenvalue weighted by molar-refractivity contribution is 5.23. The van der Waals surface area contributed by atoms with Gasteiger partial charge in [-0.05, 0) is 11.1 Å². The van der Waals surface area contributed by atoms with Crippen LogP contribution >= 0.6 is 0 Å². The maximum absolute atomic E-state index is 5.18. The van der Waals surface area contributed by atoms with Crippen molar-refractivity contribution in [2.45, 2.75) is 12.5 Å². The lowest BCUT2D eigenvalue weighted by molar-refractivity contribution is 0.667. The van der Waals surface area contributed by atoms with Crippen LogP contribution in [-0.4, -0.2) is 0 Å². The van der Waals surface area contributed by atoms with Crippen molar-refractivity contribution in [1.82, 2.24) is 0 Å². The number of benzene rings is 2. The molecule has 1 unspecified atom stereocenters. The fourth-order valence-electron chi connectivity index (χ4n) is 1.82. The minimum Gasteiger partial charge on any atom is -0.305 e. The van der Waals surface area contributed by atoms with Crippen LogP contribution in [0.4, 0.5) is 0 Å². The van der Waals surface area contributed by atoms with E-state index in [1.165, 1.54) is 5.56 Å². The summed E-state index contributed by atoms with van der Waals surface area (Å²) < 4.78 is 0. The normalized spacial score (nSPS) is 12.7. The van der Waals surface area contributed by atoms with E-state index in [-0.39, 0.29) is 6.04 Å². The van der Waals surface area contributed by atoms with Crippen molar-refractivity contribution in [3.8, 4) is 0 Å². The van der Waals surface area contributed by atoms with Crippen molar-refractivity contribution in [2.24, 2.45) is 16.2 Å². The molecule has 2 rings (SSSR count). The molecule has 2 N–H and O–H groups in total. The molecule has 17 heavy (non-hydrogen) atoms. The van der Waals surface area contributed by atoms with Crippen LogP contribution in [0.2, 0.25) is 0 Å². The molecule has 0 saturated heterocycles. The van der Waals surface area contributed by atoms with E-state index in [0.717, 1.165) is 12.0 Å². The molecule has 0 bridgehead atoms. The lowest BCUT2D eigenvalue weighted by Crippen LogP contribution is -2.00. The number of nitrogens with two attached hydrogens (primary N) is 1. The zero-order valence-corrected chi connectivity index (χ0v) is 9.53. The molecule has 2 aromatic carbocycles. The molecule has 0 heterocycles. The minimum absolute atomic E-state index is 0.0106. The number of hydrogen-bond acceptors (Lipinski definition) is 2. The van der Waals surface area contributed by atoms with Crippen LogP contribution in [0.3, 0.4) is 0 Å². The molecule has 0 amide bonds. The molecular weight excluding hydrogens is 210 g/mol. The highest BCUT2D eigenvalue weighted by atomic mass is 15.3. The van der Waals surface area contributed by atoms with Crippen LogP contribution in [0.1, 0.15) is 17.2 Å². The molecule has 1 atom stereocenters. The van der Waals surface area contributed by atoms with Crippen LogP contribution in [0, 0.1) is 0 Å². The Morgan fingerprint density at radius 1 is 0.882 bits per heavy atom. The van der Waals surface area contributed by atoms with E-state index in [9.17, 15) is 0 Å². The molecular formula is C14H15N3. The Bertz CT molecular complexity index is 465. The van der Waals surface area contributed by atoms with Crippen molar-refractivity contribution >= 4 is 0 Å². The van der Waals surface area contributed by atoms with Crippen molar-refractivity contribution in [3.63, 3.8) is 0 Å². The van der Waals surface area contributed by atoms with Crippen molar-refractivity contribution < 1.29 is 0 Å². The molecule has 0 spiro atoms. The predicted molar refractivity (Wildman–Crippen MR) is 68.4 cm³/mol. The summed E-state index contributed by atoms with van der Waals surface area (Å²) in [7, 11) is 0. The van der Waals surface area contributed by atoms with Gasteiger partial charge < -0.3 is 5.84 Å². The van der Waals surface area contributed by atoms with Gasteiger partial charge in [0.05, 0.1) is 0 Å². The van der Waals surface area contributed by atoms with E-state index in [4.69, 9.17) is 5.84 Å². The number of nitrogens with zero attached hydrogens (tertiary/aromatic N) is 2. The third-order valence-electron chi connectivity index (χ3n) is 2.66. The summed E-state index contributed by atoms with van der Waals surface area (Å²) in [4.78, 5) is 0. The van der Waals surface area contributed by atoms with Gasteiger partial charge in [0.25, 0.3) is 0 Å². The van der Waals surface area contributed by atoms with E-state index >= 15 is 0 Å². The smallest absolute Gasteiger partial charge is 0.102 e. The average molecular weight is 225 g/mol.